The second-order valence-electron chi connectivity index (χ2n) is 4.78. The summed E-state index contributed by atoms with van der Waals surface area (Å²) in [5.74, 6) is 1.71. The van der Waals surface area contributed by atoms with Crippen molar-refractivity contribution in [2.75, 3.05) is 33.4 Å². The topological polar surface area (TPSA) is 42.9 Å². The number of hydrogen-bond acceptors (Lipinski definition) is 5. The second-order valence-corrected chi connectivity index (χ2v) is 6.50. The molecule has 2 aromatic rings. The van der Waals surface area contributed by atoms with Crippen LogP contribution in [0.1, 0.15) is 5.56 Å². The Balaban J connectivity index is 0.00000192. The Morgan fingerprint density at radius 1 is 1.22 bits per heavy atom. The van der Waals surface area contributed by atoms with E-state index in [1.165, 1.54) is 11.3 Å². The number of rotatable bonds is 6. The number of benzene rings is 1. The Hall–Kier alpha value is -1.27. The van der Waals surface area contributed by atoms with Gasteiger partial charge in [-0.05, 0) is 24.3 Å². The van der Waals surface area contributed by atoms with E-state index in [1.807, 2.05) is 30.3 Å². The van der Waals surface area contributed by atoms with Gasteiger partial charge in [0.25, 0.3) is 0 Å². The van der Waals surface area contributed by atoms with Crippen molar-refractivity contribution >= 4 is 41.2 Å². The summed E-state index contributed by atoms with van der Waals surface area (Å²) in [5.41, 5.74) is 2.01. The fourth-order valence-electron chi connectivity index (χ4n) is 2.34. The summed E-state index contributed by atoms with van der Waals surface area (Å²) in [5, 5.41) is 3.30. The van der Waals surface area contributed by atoms with Crippen LogP contribution in [0.15, 0.2) is 35.3 Å². The molecule has 0 unspecified atom stereocenters. The number of methoxy groups -OCH3 is 1. The zero-order valence-electron chi connectivity index (χ0n) is 12.7. The summed E-state index contributed by atoms with van der Waals surface area (Å²) in [6.07, 6.45) is 0. The van der Waals surface area contributed by atoms with E-state index in [-0.39, 0.29) is 12.4 Å². The fourth-order valence-corrected chi connectivity index (χ4v) is 3.40. The molecule has 0 radical (unpaired) electrons. The summed E-state index contributed by atoms with van der Waals surface area (Å²) in [7, 11) is 1.66. The quantitative estimate of drug-likeness (QED) is 0.782. The molecule has 23 heavy (non-hydrogen) atoms. The molecule has 124 valence electrons. The molecule has 0 amide bonds. The predicted molar refractivity (Wildman–Crippen MR) is 98.8 cm³/mol. The zero-order valence-corrected chi connectivity index (χ0v) is 15.1. The largest absolute Gasteiger partial charge is 0.490 e. The molecular formula is C16H18Cl2N2O2S. The van der Waals surface area contributed by atoms with E-state index in [1.54, 1.807) is 7.11 Å². The molecule has 2 heterocycles. The minimum Gasteiger partial charge on any atom is -0.490 e. The van der Waals surface area contributed by atoms with E-state index < -0.39 is 0 Å². The number of hydrogen-bond donors (Lipinski definition) is 1. The van der Waals surface area contributed by atoms with E-state index in [2.05, 4.69) is 10.3 Å². The van der Waals surface area contributed by atoms with Crippen LogP contribution in [0.5, 0.6) is 5.75 Å². The number of thiophene rings is 1. The van der Waals surface area contributed by atoms with Crippen LogP contribution < -0.4 is 10.1 Å². The van der Waals surface area contributed by atoms with Crippen LogP contribution >= 0.6 is 35.3 Å². The maximum Gasteiger partial charge on any atom is 0.138 e. The molecule has 0 saturated carbocycles. The number of nitrogens with one attached hydrogen (secondary N) is 1. The molecule has 7 heteroatoms. The van der Waals surface area contributed by atoms with Gasteiger partial charge >= 0.3 is 0 Å². The molecule has 0 saturated heterocycles. The third-order valence-electron chi connectivity index (χ3n) is 3.32. The van der Waals surface area contributed by atoms with Gasteiger partial charge in [-0.25, -0.2) is 0 Å². The Kier molecular flexibility index (Phi) is 6.72. The normalized spacial score (nSPS) is 13.2. The van der Waals surface area contributed by atoms with Crippen molar-refractivity contribution in [2.24, 2.45) is 4.99 Å². The lowest BCUT2D eigenvalue weighted by Crippen LogP contribution is -2.21. The zero-order chi connectivity index (χ0) is 15.4. The first kappa shape index (κ1) is 18.1. The first-order valence-corrected chi connectivity index (χ1v) is 8.28. The number of aliphatic imine (C=N–C) groups is 1. The lowest BCUT2D eigenvalue weighted by Gasteiger charge is -2.15. The van der Waals surface area contributed by atoms with Gasteiger partial charge in [-0.15, -0.1) is 23.7 Å². The minimum absolute atomic E-state index is 0. The van der Waals surface area contributed by atoms with Gasteiger partial charge in [-0.1, -0.05) is 17.7 Å². The van der Waals surface area contributed by atoms with Crippen LogP contribution in [0.25, 0.3) is 10.4 Å². The SMILES string of the molecule is COCCOc1c(C2=NCCN2)cccc1-c1ccc(Cl)s1.Cl. The molecule has 0 fully saturated rings. The average Bonchev–Trinajstić information content (AvgIpc) is 3.19. The highest BCUT2D eigenvalue weighted by atomic mass is 35.5. The van der Waals surface area contributed by atoms with Crippen molar-refractivity contribution in [2.45, 2.75) is 0 Å². The van der Waals surface area contributed by atoms with Gasteiger partial charge in [0, 0.05) is 24.1 Å². The van der Waals surface area contributed by atoms with Crippen LogP contribution in [0.2, 0.25) is 4.34 Å². The molecule has 1 aromatic heterocycles. The Bertz CT molecular complexity index is 688. The number of amidine groups is 1. The van der Waals surface area contributed by atoms with E-state index in [0.29, 0.717) is 13.2 Å². The molecule has 1 aliphatic heterocycles. The van der Waals surface area contributed by atoms with Gasteiger partial charge in [-0.2, -0.15) is 0 Å². The van der Waals surface area contributed by atoms with E-state index >= 15 is 0 Å². The predicted octanol–water partition coefficient (Wildman–Crippen LogP) is 3.87. The molecule has 4 nitrogen and oxygen atoms in total. The number of para-hydroxylation sites is 1. The molecule has 1 N–H and O–H groups in total. The van der Waals surface area contributed by atoms with Gasteiger partial charge in [0.05, 0.1) is 23.1 Å². The second kappa shape index (κ2) is 8.55. The van der Waals surface area contributed by atoms with E-state index in [4.69, 9.17) is 21.1 Å². The highest BCUT2D eigenvalue weighted by Crippen LogP contribution is 2.39. The third-order valence-corrected chi connectivity index (χ3v) is 4.58. The summed E-state index contributed by atoms with van der Waals surface area (Å²) in [4.78, 5) is 5.59. The van der Waals surface area contributed by atoms with Crippen molar-refractivity contribution in [3.8, 4) is 16.2 Å². The molecule has 0 spiro atoms. The highest BCUT2D eigenvalue weighted by molar-refractivity contribution is 7.19. The molecule has 1 aromatic carbocycles. The van der Waals surface area contributed by atoms with Crippen LogP contribution in [-0.4, -0.2) is 39.2 Å². The Labute approximate surface area is 150 Å². The highest BCUT2D eigenvalue weighted by Gasteiger charge is 2.18. The smallest absolute Gasteiger partial charge is 0.138 e. The minimum atomic E-state index is 0. The molecule has 0 atom stereocenters. The van der Waals surface area contributed by atoms with Crippen LogP contribution in [0.4, 0.5) is 0 Å². The maximum absolute atomic E-state index is 6.08. The Morgan fingerprint density at radius 3 is 2.70 bits per heavy atom. The summed E-state index contributed by atoms with van der Waals surface area (Å²) >= 11 is 7.62. The lowest BCUT2D eigenvalue weighted by atomic mass is 10.1. The van der Waals surface area contributed by atoms with Gasteiger partial charge < -0.3 is 14.8 Å². The monoisotopic (exact) mass is 372 g/mol. The number of ether oxygens (including phenoxy) is 2. The Morgan fingerprint density at radius 2 is 2.04 bits per heavy atom. The van der Waals surface area contributed by atoms with Crippen molar-refractivity contribution in [3.05, 3.63) is 40.2 Å². The standard InChI is InChI=1S/C16H17ClN2O2S.ClH/c1-20-9-10-21-15-11(13-5-6-14(17)22-13)3-2-4-12(15)16-18-7-8-19-16;/h2-6H,7-10H2,1H3,(H,18,19);1H. The first-order chi connectivity index (χ1) is 10.8. The van der Waals surface area contributed by atoms with Crippen LogP contribution in [-0.2, 0) is 4.74 Å². The first-order valence-electron chi connectivity index (χ1n) is 7.09. The molecule has 1 aliphatic rings. The summed E-state index contributed by atoms with van der Waals surface area (Å²) in [6, 6.07) is 10.0. The third kappa shape index (κ3) is 4.18. The van der Waals surface area contributed by atoms with Gasteiger partial charge in [0.2, 0.25) is 0 Å². The summed E-state index contributed by atoms with van der Waals surface area (Å²) in [6.45, 7) is 2.69. The summed E-state index contributed by atoms with van der Waals surface area (Å²) < 4.78 is 11.9. The molecule has 3 rings (SSSR count). The number of nitrogens with zero attached hydrogens (tertiary/aromatic N) is 1. The van der Waals surface area contributed by atoms with Gasteiger partial charge in [-0.3, -0.25) is 4.99 Å². The van der Waals surface area contributed by atoms with Crippen LogP contribution in [0, 0.1) is 0 Å². The lowest BCUT2D eigenvalue weighted by molar-refractivity contribution is 0.146. The number of halogens is 2. The van der Waals surface area contributed by atoms with E-state index in [0.717, 1.165) is 45.0 Å². The van der Waals surface area contributed by atoms with Gasteiger partial charge in [0.1, 0.15) is 18.2 Å². The van der Waals surface area contributed by atoms with E-state index in [9.17, 15) is 0 Å². The average molecular weight is 373 g/mol. The van der Waals surface area contributed by atoms with Gasteiger partial charge in [0.15, 0.2) is 0 Å². The van der Waals surface area contributed by atoms with Crippen molar-refractivity contribution in [1.82, 2.24) is 5.32 Å². The van der Waals surface area contributed by atoms with Crippen molar-refractivity contribution in [1.29, 1.82) is 0 Å². The molecule has 0 aliphatic carbocycles. The van der Waals surface area contributed by atoms with Crippen LogP contribution in [0.3, 0.4) is 0 Å². The van der Waals surface area contributed by atoms with Crippen molar-refractivity contribution in [3.63, 3.8) is 0 Å². The maximum atomic E-state index is 6.08. The molecule has 0 bridgehead atoms. The molecular weight excluding hydrogens is 355 g/mol. The fraction of sp³-hybridized carbons (Fsp3) is 0.312. The van der Waals surface area contributed by atoms with Crippen molar-refractivity contribution < 1.29 is 9.47 Å².